The van der Waals surface area contributed by atoms with Crippen LogP contribution in [0.2, 0.25) is 0 Å². The molecule has 114 valence electrons. The summed E-state index contributed by atoms with van der Waals surface area (Å²) >= 11 is 0. The van der Waals surface area contributed by atoms with Gasteiger partial charge in [-0.2, -0.15) is 0 Å². The molecule has 0 unspecified atom stereocenters. The third-order valence-corrected chi connectivity index (χ3v) is 4.39. The van der Waals surface area contributed by atoms with E-state index in [2.05, 4.69) is 0 Å². The van der Waals surface area contributed by atoms with Crippen LogP contribution in [0.15, 0.2) is 34.1 Å². The second-order valence-electron chi connectivity index (χ2n) is 3.99. The summed E-state index contributed by atoms with van der Waals surface area (Å²) in [4.78, 5) is -1.70. The minimum atomic E-state index is -4.99. The van der Waals surface area contributed by atoms with Gasteiger partial charge in [-0.05, 0) is 18.2 Å². The van der Waals surface area contributed by atoms with Gasteiger partial charge in [0.15, 0.2) is 0 Å². The van der Waals surface area contributed by atoms with Crippen molar-refractivity contribution in [3.8, 4) is 0 Å². The molecule has 0 saturated carbocycles. The van der Waals surface area contributed by atoms with Crippen LogP contribution >= 0.6 is 0 Å². The van der Waals surface area contributed by atoms with E-state index in [0.29, 0.717) is 6.07 Å². The predicted molar refractivity (Wildman–Crippen MR) is 68.7 cm³/mol. The first-order chi connectivity index (χ1) is 9.01. The van der Waals surface area contributed by atoms with Crippen molar-refractivity contribution < 1.29 is 43.0 Å². The number of hydrogen-bond donors (Lipinski definition) is 2. The van der Waals surface area contributed by atoms with Gasteiger partial charge in [0.2, 0.25) is 0 Å². The molecule has 0 aromatic heterocycles. The van der Waals surface area contributed by atoms with Crippen molar-refractivity contribution in [3.05, 3.63) is 24.3 Å². The first-order valence-electron chi connectivity index (χ1n) is 5.05. The Balaban J connectivity index is 0.00000220. The number of benzene rings is 2. The van der Waals surface area contributed by atoms with Gasteiger partial charge in [0.1, 0.15) is 20.2 Å². The molecule has 0 saturated heterocycles. The summed E-state index contributed by atoms with van der Waals surface area (Å²) in [6, 6.07) is 3.89. The topological polar surface area (TPSA) is 166 Å². The van der Waals surface area contributed by atoms with Crippen LogP contribution in [0, 0.1) is 0 Å². The van der Waals surface area contributed by atoms with Gasteiger partial charge >= 0.3 is 17.1 Å². The zero-order chi connectivity index (χ0) is 15.3. The van der Waals surface area contributed by atoms with Gasteiger partial charge in [-0.25, -0.2) is 16.8 Å². The van der Waals surface area contributed by atoms with Crippen LogP contribution in [-0.4, -0.2) is 25.9 Å². The maximum Gasteiger partial charge on any atom is 2.00 e. The zero-order valence-corrected chi connectivity index (χ0v) is 12.8. The Kier molecular flexibility index (Phi) is 4.59. The second-order valence-corrected chi connectivity index (χ2v) is 6.72. The number of fused-ring (bicyclic) bond motifs is 1. The van der Waals surface area contributed by atoms with E-state index in [-0.39, 0.29) is 39.2 Å². The molecule has 2 aromatic rings. The Labute approximate surface area is 131 Å². The zero-order valence-electron chi connectivity index (χ0n) is 10.1. The Morgan fingerprint density at radius 3 is 1.90 bits per heavy atom. The molecule has 0 aliphatic heterocycles. The van der Waals surface area contributed by atoms with E-state index in [1.54, 1.807) is 0 Å². The van der Waals surface area contributed by atoms with Crippen LogP contribution in [0.5, 0.6) is 0 Å². The smallest absolute Gasteiger partial charge is 0.744 e. The number of nitrogens with two attached hydrogens (primary N) is 2. The maximum absolute atomic E-state index is 11.2. The normalized spacial score (nSPS) is 12.1. The molecule has 8 nitrogen and oxygen atoms in total. The van der Waals surface area contributed by atoms with E-state index in [4.69, 9.17) is 11.5 Å². The summed E-state index contributed by atoms with van der Waals surface area (Å²) in [7, 11) is -9.95. The first kappa shape index (κ1) is 17.7. The van der Waals surface area contributed by atoms with Crippen LogP contribution in [0.1, 0.15) is 0 Å². The van der Waals surface area contributed by atoms with Crippen LogP contribution < -0.4 is 11.5 Å². The summed E-state index contributed by atoms with van der Waals surface area (Å²) in [5, 5.41) is -0.185. The van der Waals surface area contributed by atoms with Gasteiger partial charge in [-0.1, -0.05) is 6.07 Å². The molecule has 0 spiro atoms. The van der Waals surface area contributed by atoms with Crippen LogP contribution in [0.3, 0.4) is 0 Å². The average molecular weight is 372 g/mol. The molecule has 0 amide bonds. The predicted octanol–water partition coefficient (Wildman–Crippen LogP) is -0.190. The molecule has 0 heterocycles. The maximum atomic E-state index is 11.2. The summed E-state index contributed by atoms with van der Waals surface area (Å²) in [5.74, 6) is 0. The molecule has 0 atom stereocenters. The molecule has 0 bridgehead atoms. The van der Waals surface area contributed by atoms with Crippen molar-refractivity contribution in [2.75, 3.05) is 11.5 Å². The SMILES string of the molecule is Nc1ccc2c(S(=O)(=O)[O-])cc(S(=O)(=O)[O-])cc2c1N.[Fe+2]. The minimum Gasteiger partial charge on any atom is -0.744 e. The van der Waals surface area contributed by atoms with Crippen molar-refractivity contribution >= 4 is 42.4 Å². The Morgan fingerprint density at radius 2 is 1.43 bits per heavy atom. The van der Waals surface area contributed by atoms with Gasteiger partial charge < -0.3 is 20.6 Å². The molecular formula is C10H8FeN2O6S2. The molecule has 2 aromatic carbocycles. The first-order valence-corrected chi connectivity index (χ1v) is 7.87. The molecule has 4 N–H and O–H groups in total. The van der Waals surface area contributed by atoms with Crippen molar-refractivity contribution in [1.29, 1.82) is 0 Å². The quantitative estimate of drug-likeness (QED) is 0.415. The average Bonchev–Trinajstić information content (AvgIpc) is 2.30. The molecule has 0 radical (unpaired) electrons. The standard InChI is InChI=1S/C10H10N2O6S2.Fe/c11-8-2-1-6-7(10(8)12)3-5(19(13,14)15)4-9(6)20(16,17)18;/h1-4H,11-12H2,(H,13,14,15)(H,16,17,18);/q;+2/p-2. The fourth-order valence-electron chi connectivity index (χ4n) is 1.77. The molecule has 0 aliphatic rings. The van der Waals surface area contributed by atoms with Gasteiger partial charge in [-0.3, -0.25) is 0 Å². The van der Waals surface area contributed by atoms with Crippen LogP contribution in [-0.2, 0) is 37.3 Å². The van der Waals surface area contributed by atoms with Gasteiger partial charge in [-0.15, -0.1) is 0 Å². The summed E-state index contributed by atoms with van der Waals surface area (Å²) in [6.07, 6.45) is 0. The van der Waals surface area contributed by atoms with E-state index >= 15 is 0 Å². The molecule has 0 aliphatic carbocycles. The molecule has 11 heteroatoms. The number of rotatable bonds is 2. The van der Waals surface area contributed by atoms with Crippen molar-refractivity contribution in [2.45, 2.75) is 9.79 Å². The fourth-order valence-corrected chi connectivity index (χ4v) is 3.08. The van der Waals surface area contributed by atoms with Gasteiger partial charge in [0, 0.05) is 10.8 Å². The van der Waals surface area contributed by atoms with Gasteiger partial charge in [0.25, 0.3) is 0 Å². The number of anilines is 2. The summed E-state index contributed by atoms with van der Waals surface area (Å²) < 4.78 is 66.7. The molecule has 2 rings (SSSR count). The number of hydrogen-bond acceptors (Lipinski definition) is 8. The summed E-state index contributed by atoms with van der Waals surface area (Å²) in [5.41, 5.74) is 11.1. The van der Waals surface area contributed by atoms with Crippen molar-refractivity contribution in [2.24, 2.45) is 0 Å². The van der Waals surface area contributed by atoms with E-state index < -0.39 is 30.0 Å². The molecule has 0 fully saturated rings. The van der Waals surface area contributed by atoms with E-state index in [1.165, 1.54) is 12.1 Å². The third kappa shape index (κ3) is 3.28. The Morgan fingerprint density at radius 1 is 0.857 bits per heavy atom. The Hall–Kier alpha value is -1.36. The third-order valence-electron chi connectivity index (χ3n) is 2.70. The largest absolute Gasteiger partial charge is 2.00 e. The van der Waals surface area contributed by atoms with Crippen LogP contribution in [0.4, 0.5) is 11.4 Å². The molecular weight excluding hydrogens is 364 g/mol. The summed E-state index contributed by atoms with van der Waals surface area (Å²) in [6.45, 7) is 0. The van der Waals surface area contributed by atoms with Crippen LogP contribution in [0.25, 0.3) is 10.8 Å². The second kappa shape index (κ2) is 5.44. The van der Waals surface area contributed by atoms with E-state index in [0.717, 1.165) is 6.07 Å². The minimum absolute atomic E-state index is 0. The molecule has 21 heavy (non-hydrogen) atoms. The van der Waals surface area contributed by atoms with Crippen molar-refractivity contribution in [1.82, 2.24) is 0 Å². The van der Waals surface area contributed by atoms with E-state index in [9.17, 15) is 25.9 Å². The van der Waals surface area contributed by atoms with Gasteiger partial charge in [0.05, 0.1) is 21.2 Å². The number of nitrogen functional groups attached to an aromatic ring is 2. The van der Waals surface area contributed by atoms with E-state index in [1.807, 2.05) is 0 Å². The fraction of sp³-hybridized carbons (Fsp3) is 0. The monoisotopic (exact) mass is 372 g/mol. The Bertz CT molecular complexity index is 924. The van der Waals surface area contributed by atoms with Crippen molar-refractivity contribution in [3.63, 3.8) is 0 Å².